The molecule has 11 heavy (non-hydrogen) atoms. The van der Waals surface area contributed by atoms with Gasteiger partial charge in [0, 0.05) is 5.41 Å². The molecule has 0 aliphatic heterocycles. The fraction of sp³-hybridized carbons (Fsp3) is 0.778. The molecule has 0 saturated carbocycles. The topological polar surface area (TPSA) is 40.5 Å². The van der Waals surface area contributed by atoms with Crippen molar-refractivity contribution in [3.05, 3.63) is 12.7 Å². The minimum Gasteiger partial charge on any atom is -0.396 e. The number of aliphatic hydroxyl groups is 2. The Morgan fingerprint density at radius 1 is 1.36 bits per heavy atom. The van der Waals surface area contributed by atoms with Gasteiger partial charge in [-0.25, -0.2) is 0 Å². The highest BCUT2D eigenvalue weighted by molar-refractivity contribution is 4.87. The Labute approximate surface area is 68.6 Å². The maximum absolute atomic E-state index is 9.07. The van der Waals surface area contributed by atoms with E-state index in [-0.39, 0.29) is 24.5 Å². The summed E-state index contributed by atoms with van der Waals surface area (Å²) in [5.41, 5.74) is -0.373. The number of aliphatic hydroxyl groups excluding tert-OH is 2. The van der Waals surface area contributed by atoms with Crippen molar-refractivity contribution in [2.45, 2.75) is 20.3 Å². The van der Waals surface area contributed by atoms with Crippen LogP contribution in [0.2, 0.25) is 0 Å². The Bertz CT molecular complexity index is 115. The van der Waals surface area contributed by atoms with E-state index in [1.165, 1.54) is 0 Å². The molecule has 0 fully saturated rings. The van der Waals surface area contributed by atoms with E-state index in [1.54, 1.807) is 6.08 Å². The second-order valence-electron chi connectivity index (χ2n) is 3.33. The second-order valence-corrected chi connectivity index (χ2v) is 3.33. The van der Waals surface area contributed by atoms with E-state index in [0.717, 1.165) is 0 Å². The van der Waals surface area contributed by atoms with Gasteiger partial charge >= 0.3 is 0 Å². The van der Waals surface area contributed by atoms with Crippen LogP contribution in [0.25, 0.3) is 0 Å². The van der Waals surface area contributed by atoms with Gasteiger partial charge in [0.25, 0.3) is 0 Å². The minimum absolute atomic E-state index is 0.0210. The molecule has 0 aliphatic carbocycles. The molecule has 0 aromatic rings. The van der Waals surface area contributed by atoms with Crippen molar-refractivity contribution in [2.24, 2.45) is 11.3 Å². The van der Waals surface area contributed by atoms with Crippen LogP contribution in [0.4, 0.5) is 0 Å². The van der Waals surface area contributed by atoms with Gasteiger partial charge in [-0.2, -0.15) is 0 Å². The maximum atomic E-state index is 9.07. The first-order valence-corrected chi connectivity index (χ1v) is 3.95. The van der Waals surface area contributed by atoms with E-state index in [4.69, 9.17) is 10.2 Å². The quantitative estimate of drug-likeness (QED) is 0.590. The minimum atomic E-state index is -0.373. The molecule has 0 rings (SSSR count). The van der Waals surface area contributed by atoms with Gasteiger partial charge in [-0.05, 0) is 12.3 Å². The third-order valence-electron chi connectivity index (χ3n) is 2.41. The lowest BCUT2D eigenvalue weighted by Crippen LogP contribution is -2.34. The Morgan fingerprint density at radius 3 is 1.91 bits per heavy atom. The van der Waals surface area contributed by atoms with Crippen molar-refractivity contribution in [2.75, 3.05) is 13.2 Å². The Kier molecular flexibility index (Phi) is 4.38. The van der Waals surface area contributed by atoms with E-state index >= 15 is 0 Å². The van der Waals surface area contributed by atoms with Crippen molar-refractivity contribution < 1.29 is 10.2 Å². The summed E-state index contributed by atoms with van der Waals surface area (Å²) in [5, 5.41) is 18.1. The van der Waals surface area contributed by atoms with Crippen LogP contribution in [-0.2, 0) is 0 Å². The Balaban J connectivity index is 4.31. The normalized spacial score (nSPS) is 12.1. The third-order valence-corrected chi connectivity index (χ3v) is 2.41. The fourth-order valence-corrected chi connectivity index (χ4v) is 1.07. The van der Waals surface area contributed by atoms with Crippen molar-refractivity contribution in [1.82, 2.24) is 0 Å². The van der Waals surface area contributed by atoms with E-state index < -0.39 is 0 Å². The van der Waals surface area contributed by atoms with Gasteiger partial charge in [-0.1, -0.05) is 19.9 Å². The van der Waals surface area contributed by atoms with E-state index in [9.17, 15) is 0 Å². The van der Waals surface area contributed by atoms with Gasteiger partial charge in [0.2, 0.25) is 0 Å². The highest BCUT2D eigenvalue weighted by Crippen LogP contribution is 2.30. The van der Waals surface area contributed by atoms with E-state index in [1.807, 2.05) is 13.8 Å². The lowest BCUT2D eigenvalue weighted by molar-refractivity contribution is 0.0186. The van der Waals surface area contributed by atoms with Crippen LogP contribution in [0.3, 0.4) is 0 Å². The molecule has 0 unspecified atom stereocenters. The molecule has 0 aromatic heterocycles. The monoisotopic (exact) mass is 158 g/mol. The predicted molar refractivity (Wildman–Crippen MR) is 46.3 cm³/mol. The van der Waals surface area contributed by atoms with Crippen molar-refractivity contribution >= 4 is 0 Å². The highest BCUT2D eigenvalue weighted by Gasteiger charge is 2.30. The van der Waals surface area contributed by atoms with Crippen LogP contribution >= 0.6 is 0 Å². The summed E-state index contributed by atoms with van der Waals surface area (Å²) in [6, 6.07) is 0. The SMILES string of the molecule is C=CCC(CO)(CO)C(C)C. The van der Waals surface area contributed by atoms with Gasteiger partial charge in [-0.15, -0.1) is 6.58 Å². The summed E-state index contributed by atoms with van der Waals surface area (Å²) in [5.74, 6) is 0.274. The molecule has 0 bridgehead atoms. The maximum Gasteiger partial charge on any atom is 0.0514 e. The van der Waals surface area contributed by atoms with Crippen molar-refractivity contribution in [3.8, 4) is 0 Å². The average Bonchev–Trinajstić information content (AvgIpc) is 2.00. The first-order valence-electron chi connectivity index (χ1n) is 3.95. The summed E-state index contributed by atoms with van der Waals surface area (Å²) in [4.78, 5) is 0. The number of hydrogen-bond donors (Lipinski definition) is 2. The largest absolute Gasteiger partial charge is 0.396 e. The van der Waals surface area contributed by atoms with Gasteiger partial charge < -0.3 is 10.2 Å². The van der Waals surface area contributed by atoms with Crippen LogP contribution in [0.5, 0.6) is 0 Å². The first-order chi connectivity index (χ1) is 5.13. The molecule has 0 saturated heterocycles. The summed E-state index contributed by atoms with van der Waals surface area (Å²) in [6.07, 6.45) is 2.41. The Hall–Kier alpha value is -0.340. The molecule has 0 heterocycles. The highest BCUT2D eigenvalue weighted by atomic mass is 16.3. The van der Waals surface area contributed by atoms with Crippen molar-refractivity contribution in [3.63, 3.8) is 0 Å². The number of rotatable bonds is 5. The summed E-state index contributed by atoms with van der Waals surface area (Å²) < 4.78 is 0. The molecule has 2 heteroatoms. The smallest absolute Gasteiger partial charge is 0.0514 e. The molecular weight excluding hydrogens is 140 g/mol. The number of allylic oxidation sites excluding steroid dienone is 1. The molecule has 0 amide bonds. The van der Waals surface area contributed by atoms with Gasteiger partial charge in [-0.3, -0.25) is 0 Å². The lowest BCUT2D eigenvalue weighted by atomic mass is 9.76. The van der Waals surface area contributed by atoms with E-state index in [2.05, 4.69) is 6.58 Å². The van der Waals surface area contributed by atoms with Gasteiger partial charge in [0.15, 0.2) is 0 Å². The molecule has 0 radical (unpaired) electrons. The Morgan fingerprint density at radius 2 is 1.82 bits per heavy atom. The van der Waals surface area contributed by atoms with Gasteiger partial charge in [0.05, 0.1) is 13.2 Å². The predicted octanol–water partition coefficient (Wildman–Crippen LogP) is 1.19. The summed E-state index contributed by atoms with van der Waals surface area (Å²) in [6.45, 7) is 7.64. The molecular formula is C9H18O2. The van der Waals surface area contributed by atoms with Crippen LogP contribution in [0.1, 0.15) is 20.3 Å². The lowest BCUT2D eigenvalue weighted by Gasteiger charge is -2.32. The zero-order valence-corrected chi connectivity index (χ0v) is 7.38. The van der Waals surface area contributed by atoms with Gasteiger partial charge in [0.1, 0.15) is 0 Å². The molecule has 2 N–H and O–H groups in total. The van der Waals surface area contributed by atoms with Crippen LogP contribution in [0.15, 0.2) is 12.7 Å². The van der Waals surface area contributed by atoms with Crippen LogP contribution in [-0.4, -0.2) is 23.4 Å². The zero-order valence-electron chi connectivity index (χ0n) is 7.38. The average molecular weight is 158 g/mol. The second kappa shape index (κ2) is 4.52. The molecule has 66 valence electrons. The molecule has 0 spiro atoms. The zero-order chi connectivity index (χ0) is 8.91. The molecule has 0 aromatic carbocycles. The van der Waals surface area contributed by atoms with Crippen LogP contribution < -0.4 is 0 Å². The first kappa shape index (κ1) is 10.7. The summed E-state index contributed by atoms with van der Waals surface area (Å²) >= 11 is 0. The van der Waals surface area contributed by atoms with Crippen molar-refractivity contribution in [1.29, 1.82) is 0 Å². The number of hydrogen-bond acceptors (Lipinski definition) is 2. The summed E-state index contributed by atoms with van der Waals surface area (Å²) in [7, 11) is 0. The molecule has 2 nitrogen and oxygen atoms in total. The standard InChI is InChI=1S/C9H18O2/c1-4-5-9(6-10,7-11)8(2)3/h4,8,10-11H,1,5-7H2,2-3H3. The fourth-order valence-electron chi connectivity index (χ4n) is 1.07. The molecule has 0 atom stereocenters. The third kappa shape index (κ3) is 2.31. The van der Waals surface area contributed by atoms with E-state index in [0.29, 0.717) is 6.42 Å². The molecule has 0 aliphatic rings. The van der Waals surface area contributed by atoms with Crippen LogP contribution in [0, 0.1) is 11.3 Å².